The molecule has 0 atom stereocenters. The van der Waals surface area contributed by atoms with E-state index in [4.69, 9.17) is 10.00 Å². The number of hydrogen-bond acceptors (Lipinski definition) is 5. The first kappa shape index (κ1) is 9.62. The minimum atomic E-state index is 0.511. The van der Waals surface area contributed by atoms with Gasteiger partial charge in [0, 0.05) is 0 Å². The van der Waals surface area contributed by atoms with Gasteiger partial charge >= 0.3 is 0 Å². The second-order valence-electron chi connectivity index (χ2n) is 2.83. The Kier molecular flexibility index (Phi) is 2.61. The van der Waals surface area contributed by atoms with E-state index in [2.05, 4.69) is 10.2 Å². The van der Waals surface area contributed by atoms with E-state index in [-0.39, 0.29) is 0 Å². The molecular formula is C10H7N3OS. The predicted octanol–water partition coefficient (Wildman–Crippen LogP) is 2.51. The lowest BCUT2D eigenvalue weighted by Crippen LogP contribution is -1.83. The Morgan fingerprint density at radius 3 is 2.53 bits per heavy atom. The molecule has 0 aliphatic rings. The Balaban J connectivity index is 2.15. The topological polar surface area (TPSA) is 58.8 Å². The molecule has 4 nitrogen and oxygen atoms in total. The highest BCUT2D eigenvalue weighted by Crippen LogP contribution is 2.24. The average molecular weight is 217 g/mol. The van der Waals surface area contributed by atoms with Crippen LogP contribution >= 0.6 is 11.3 Å². The lowest BCUT2D eigenvalue weighted by Gasteiger charge is -1.99. The van der Waals surface area contributed by atoms with Crippen LogP contribution in [-0.4, -0.2) is 10.2 Å². The second-order valence-corrected chi connectivity index (χ2v) is 3.97. The van der Waals surface area contributed by atoms with Crippen LogP contribution in [-0.2, 0) is 0 Å². The maximum absolute atomic E-state index is 8.61. The van der Waals surface area contributed by atoms with Crippen molar-refractivity contribution in [1.82, 2.24) is 10.2 Å². The number of rotatable bonds is 2. The van der Waals surface area contributed by atoms with Crippen molar-refractivity contribution >= 4 is 11.3 Å². The van der Waals surface area contributed by atoms with Crippen molar-refractivity contribution in [3.63, 3.8) is 0 Å². The van der Waals surface area contributed by atoms with Gasteiger partial charge in [-0.05, 0) is 31.2 Å². The Morgan fingerprint density at radius 2 is 2.00 bits per heavy atom. The number of benzene rings is 1. The summed E-state index contributed by atoms with van der Waals surface area (Å²) in [6.45, 7) is 1.86. The van der Waals surface area contributed by atoms with Gasteiger partial charge in [-0.15, -0.1) is 5.10 Å². The number of nitriles is 1. The Morgan fingerprint density at radius 1 is 1.27 bits per heavy atom. The average Bonchev–Trinajstić information content (AvgIpc) is 2.65. The molecular weight excluding hydrogens is 210 g/mol. The SMILES string of the molecule is Cc1nnc(Oc2ccc(C#N)cc2)s1. The van der Waals surface area contributed by atoms with Crippen LogP contribution in [0.1, 0.15) is 10.6 Å². The van der Waals surface area contributed by atoms with Gasteiger partial charge in [0.2, 0.25) is 0 Å². The molecule has 0 aliphatic carbocycles. The third-order valence-electron chi connectivity index (χ3n) is 1.70. The van der Waals surface area contributed by atoms with Gasteiger partial charge in [-0.3, -0.25) is 0 Å². The molecule has 0 aliphatic heterocycles. The first-order chi connectivity index (χ1) is 7.28. The Labute approximate surface area is 90.8 Å². The summed E-state index contributed by atoms with van der Waals surface area (Å²) in [4.78, 5) is 0. The van der Waals surface area contributed by atoms with E-state index in [1.165, 1.54) is 11.3 Å². The molecule has 0 bridgehead atoms. The van der Waals surface area contributed by atoms with Gasteiger partial charge in [-0.1, -0.05) is 16.4 Å². The molecule has 5 heteroatoms. The van der Waals surface area contributed by atoms with E-state index in [1.54, 1.807) is 24.3 Å². The van der Waals surface area contributed by atoms with Crippen LogP contribution in [0.5, 0.6) is 10.9 Å². The molecule has 0 unspecified atom stereocenters. The van der Waals surface area contributed by atoms with Crippen molar-refractivity contribution in [2.24, 2.45) is 0 Å². The minimum absolute atomic E-state index is 0.511. The normalized spacial score (nSPS) is 9.60. The van der Waals surface area contributed by atoms with Crippen LogP contribution in [0.2, 0.25) is 0 Å². The van der Waals surface area contributed by atoms with Gasteiger partial charge in [0.25, 0.3) is 5.19 Å². The van der Waals surface area contributed by atoms with Crippen LogP contribution in [0.4, 0.5) is 0 Å². The molecule has 2 aromatic rings. The molecule has 1 heterocycles. The van der Waals surface area contributed by atoms with Gasteiger partial charge in [-0.25, -0.2) is 0 Å². The predicted molar refractivity (Wildman–Crippen MR) is 55.9 cm³/mol. The van der Waals surface area contributed by atoms with E-state index in [0.29, 0.717) is 16.5 Å². The highest BCUT2D eigenvalue weighted by molar-refractivity contribution is 7.13. The van der Waals surface area contributed by atoms with Crippen LogP contribution in [0.3, 0.4) is 0 Å². The Hall–Kier alpha value is -1.93. The molecule has 0 saturated carbocycles. The number of hydrogen-bond donors (Lipinski definition) is 0. The number of nitrogens with zero attached hydrogens (tertiary/aromatic N) is 3. The standard InChI is InChI=1S/C10H7N3OS/c1-7-12-13-10(15-7)14-9-4-2-8(6-11)3-5-9/h2-5H,1H3. The summed E-state index contributed by atoms with van der Waals surface area (Å²) in [5.41, 5.74) is 0.607. The lowest BCUT2D eigenvalue weighted by molar-refractivity contribution is 0.473. The van der Waals surface area contributed by atoms with E-state index < -0.39 is 0 Å². The first-order valence-corrected chi connectivity index (χ1v) is 5.08. The fourth-order valence-corrected chi connectivity index (χ4v) is 1.57. The molecule has 15 heavy (non-hydrogen) atoms. The molecule has 0 saturated heterocycles. The first-order valence-electron chi connectivity index (χ1n) is 4.26. The second kappa shape index (κ2) is 4.07. The fourth-order valence-electron chi connectivity index (χ4n) is 1.02. The van der Waals surface area contributed by atoms with Crippen LogP contribution < -0.4 is 4.74 Å². The zero-order valence-corrected chi connectivity index (χ0v) is 8.78. The van der Waals surface area contributed by atoms with Crippen molar-refractivity contribution in [2.75, 3.05) is 0 Å². The van der Waals surface area contributed by atoms with Gasteiger partial charge in [0.15, 0.2) is 0 Å². The number of ether oxygens (including phenoxy) is 1. The van der Waals surface area contributed by atoms with Gasteiger partial charge in [-0.2, -0.15) is 5.26 Å². The van der Waals surface area contributed by atoms with Crippen molar-refractivity contribution in [3.05, 3.63) is 34.8 Å². The molecule has 0 radical (unpaired) electrons. The van der Waals surface area contributed by atoms with Gasteiger partial charge in [0.05, 0.1) is 11.6 Å². The molecule has 0 amide bonds. The zero-order chi connectivity index (χ0) is 10.7. The molecule has 2 rings (SSSR count). The zero-order valence-electron chi connectivity index (χ0n) is 7.97. The summed E-state index contributed by atoms with van der Waals surface area (Å²) in [6.07, 6.45) is 0. The minimum Gasteiger partial charge on any atom is -0.430 e. The van der Waals surface area contributed by atoms with E-state index >= 15 is 0 Å². The Bertz CT molecular complexity index is 498. The molecule has 1 aromatic carbocycles. The highest BCUT2D eigenvalue weighted by atomic mass is 32.1. The molecule has 1 aromatic heterocycles. The smallest absolute Gasteiger partial charge is 0.299 e. The summed E-state index contributed by atoms with van der Waals surface area (Å²) < 4.78 is 5.43. The summed E-state index contributed by atoms with van der Waals surface area (Å²) in [5, 5.41) is 17.7. The highest BCUT2D eigenvalue weighted by Gasteiger charge is 2.02. The summed E-state index contributed by atoms with van der Waals surface area (Å²) in [5.74, 6) is 0.658. The van der Waals surface area contributed by atoms with Crippen LogP contribution in [0.25, 0.3) is 0 Å². The quantitative estimate of drug-likeness (QED) is 0.775. The summed E-state index contributed by atoms with van der Waals surface area (Å²) in [7, 11) is 0. The molecule has 0 spiro atoms. The third kappa shape index (κ3) is 2.30. The van der Waals surface area contributed by atoms with Crippen molar-refractivity contribution < 1.29 is 4.74 Å². The van der Waals surface area contributed by atoms with Crippen LogP contribution in [0, 0.1) is 18.3 Å². The maximum Gasteiger partial charge on any atom is 0.299 e. The molecule has 74 valence electrons. The molecule has 0 N–H and O–H groups in total. The molecule has 0 fully saturated rings. The summed E-state index contributed by atoms with van der Waals surface area (Å²) in [6, 6.07) is 8.90. The number of aryl methyl sites for hydroxylation is 1. The van der Waals surface area contributed by atoms with Gasteiger partial charge < -0.3 is 4.74 Å². The summed E-state index contributed by atoms with van der Waals surface area (Å²) >= 11 is 1.38. The largest absolute Gasteiger partial charge is 0.430 e. The monoisotopic (exact) mass is 217 g/mol. The van der Waals surface area contributed by atoms with Crippen molar-refractivity contribution in [1.29, 1.82) is 5.26 Å². The fraction of sp³-hybridized carbons (Fsp3) is 0.100. The van der Waals surface area contributed by atoms with E-state index in [0.717, 1.165) is 5.01 Å². The van der Waals surface area contributed by atoms with Crippen molar-refractivity contribution in [2.45, 2.75) is 6.92 Å². The van der Waals surface area contributed by atoms with Crippen molar-refractivity contribution in [3.8, 4) is 17.0 Å². The van der Waals surface area contributed by atoms with E-state index in [9.17, 15) is 0 Å². The van der Waals surface area contributed by atoms with Crippen LogP contribution in [0.15, 0.2) is 24.3 Å². The lowest BCUT2D eigenvalue weighted by atomic mass is 10.2. The van der Waals surface area contributed by atoms with Gasteiger partial charge in [0.1, 0.15) is 10.8 Å². The number of aromatic nitrogens is 2. The maximum atomic E-state index is 8.61. The third-order valence-corrected chi connectivity index (χ3v) is 2.41. The van der Waals surface area contributed by atoms with E-state index in [1.807, 2.05) is 13.0 Å².